The molecule has 6 nitrogen and oxygen atoms in total. The summed E-state index contributed by atoms with van der Waals surface area (Å²) in [5, 5.41) is 13.0. The number of ether oxygens (including phenoxy) is 2. The van der Waals surface area contributed by atoms with Gasteiger partial charge >= 0.3 is 0 Å². The van der Waals surface area contributed by atoms with Crippen LogP contribution in [0.3, 0.4) is 0 Å². The van der Waals surface area contributed by atoms with Crippen molar-refractivity contribution in [2.45, 2.75) is 50.0 Å². The molecule has 2 aromatic rings. The zero-order valence-electron chi connectivity index (χ0n) is 17.7. The summed E-state index contributed by atoms with van der Waals surface area (Å²) in [6.07, 6.45) is 0.0369. The predicted octanol–water partition coefficient (Wildman–Crippen LogP) is 3.01. The van der Waals surface area contributed by atoms with Gasteiger partial charge in [0.1, 0.15) is 18.0 Å². The van der Waals surface area contributed by atoms with Crippen molar-refractivity contribution in [3.63, 3.8) is 0 Å². The number of fused-ring (bicyclic) bond motifs is 3. The number of carbonyl (C=O) groups is 1. The number of hydrogen-bond acceptors (Lipinski definition) is 5. The molecular formula is C24H30N2O4. The Bertz CT molecular complexity index is 886. The fraction of sp³-hybridized carbons (Fsp3) is 0.458. The van der Waals surface area contributed by atoms with E-state index in [1.165, 1.54) is 0 Å². The van der Waals surface area contributed by atoms with Crippen molar-refractivity contribution in [2.24, 2.45) is 0 Å². The van der Waals surface area contributed by atoms with Gasteiger partial charge in [-0.25, -0.2) is 0 Å². The second kappa shape index (κ2) is 8.66. The molecule has 2 aliphatic heterocycles. The third-order valence-corrected chi connectivity index (χ3v) is 6.09. The second-order valence-electron chi connectivity index (χ2n) is 8.42. The second-order valence-corrected chi connectivity index (χ2v) is 8.42. The Labute approximate surface area is 177 Å². The number of aliphatic hydroxyl groups is 1. The number of carbonyl (C=O) groups excluding carboxylic acids is 1. The van der Waals surface area contributed by atoms with E-state index in [2.05, 4.69) is 16.3 Å². The summed E-state index contributed by atoms with van der Waals surface area (Å²) in [4.78, 5) is 14.7. The molecule has 0 bridgehead atoms. The topological polar surface area (TPSA) is 71.0 Å². The Hall–Kier alpha value is -2.57. The van der Waals surface area contributed by atoms with Crippen LogP contribution in [0.25, 0.3) is 0 Å². The summed E-state index contributed by atoms with van der Waals surface area (Å²) in [6, 6.07) is 16.0. The lowest BCUT2D eigenvalue weighted by molar-refractivity contribution is -0.142. The molecule has 0 spiro atoms. The molecule has 2 aromatic carbocycles. The molecule has 4 rings (SSSR count). The van der Waals surface area contributed by atoms with Crippen molar-refractivity contribution in [3.05, 3.63) is 59.7 Å². The molecule has 2 aliphatic rings. The molecule has 0 unspecified atom stereocenters. The maximum absolute atomic E-state index is 12.7. The first-order valence-electron chi connectivity index (χ1n) is 10.5. The van der Waals surface area contributed by atoms with Gasteiger partial charge in [-0.2, -0.15) is 0 Å². The lowest BCUT2D eigenvalue weighted by atomic mass is 9.84. The first kappa shape index (κ1) is 20.7. The first-order valence-corrected chi connectivity index (χ1v) is 10.5. The highest BCUT2D eigenvalue weighted by Crippen LogP contribution is 2.47. The molecule has 1 fully saturated rings. The maximum atomic E-state index is 12.7. The van der Waals surface area contributed by atoms with E-state index in [0.717, 1.165) is 22.6 Å². The van der Waals surface area contributed by atoms with Crippen molar-refractivity contribution in [3.8, 4) is 5.75 Å². The normalized spacial score (nSPS) is 25.6. The fourth-order valence-corrected chi connectivity index (χ4v) is 4.49. The molecule has 1 saturated heterocycles. The lowest BCUT2D eigenvalue weighted by Gasteiger charge is -2.37. The van der Waals surface area contributed by atoms with Crippen LogP contribution in [0.1, 0.15) is 42.9 Å². The van der Waals surface area contributed by atoms with Crippen molar-refractivity contribution >= 4 is 11.6 Å². The van der Waals surface area contributed by atoms with Crippen LogP contribution in [0.4, 0.5) is 5.69 Å². The van der Waals surface area contributed by atoms with Gasteiger partial charge in [0.05, 0.1) is 25.2 Å². The van der Waals surface area contributed by atoms with Gasteiger partial charge in [-0.1, -0.05) is 30.3 Å². The molecule has 0 aliphatic carbocycles. The van der Waals surface area contributed by atoms with E-state index >= 15 is 0 Å². The van der Waals surface area contributed by atoms with E-state index in [1.54, 1.807) is 0 Å². The van der Waals surface area contributed by atoms with Crippen LogP contribution < -0.4 is 15.0 Å². The lowest BCUT2D eigenvalue weighted by Crippen LogP contribution is -2.47. The molecule has 30 heavy (non-hydrogen) atoms. The van der Waals surface area contributed by atoms with Crippen LogP contribution in [0.15, 0.2) is 48.5 Å². The quantitative estimate of drug-likeness (QED) is 0.766. The van der Waals surface area contributed by atoms with Crippen LogP contribution in [-0.4, -0.2) is 50.0 Å². The molecule has 0 aromatic heterocycles. The molecule has 2 heterocycles. The van der Waals surface area contributed by atoms with Gasteiger partial charge in [0.25, 0.3) is 0 Å². The summed E-state index contributed by atoms with van der Waals surface area (Å²) < 4.78 is 12.2. The Morgan fingerprint density at radius 3 is 2.70 bits per heavy atom. The third kappa shape index (κ3) is 4.16. The van der Waals surface area contributed by atoms with Gasteiger partial charge in [0.15, 0.2) is 0 Å². The largest absolute Gasteiger partial charge is 0.487 e. The summed E-state index contributed by atoms with van der Waals surface area (Å²) in [5.74, 6) is 0.906. The average molecular weight is 411 g/mol. The summed E-state index contributed by atoms with van der Waals surface area (Å²) in [6.45, 7) is 1.85. The maximum Gasteiger partial charge on any atom is 0.223 e. The van der Waals surface area contributed by atoms with Crippen molar-refractivity contribution in [2.75, 3.05) is 25.6 Å². The SMILES string of the molecule is C[C@H](NC(=O)C[C@@H]1C[C@H]2c3cc(N(C)C)ccc3O[C@H]2[C@H](CO)O1)c1ccccc1. The highest BCUT2D eigenvalue weighted by atomic mass is 16.6. The van der Waals surface area contributed by atoms with Crippen molar-refractivity contribution < 1.29 is 19.4 Å². The van der Waals surface area contributed by atoms with Crippen molar-refractivity contribution in [1.82, 2.24) is 5.32 Å². The average Bonchev–Trinajstić information content (AvgIpc) is 3.11. The van der Waals surface area contributed by atoms with Gasteiger partial charge < -0.3 is 24.8 Å². The summed E-state index contributed by atoms with van der Waals surface area (Å²) in [7, 11) is 4.02. The molecule has 160 valence electrons. The molecule has 5 atom stereocenters. The van der Waals surface area contributed by atoms with Crippen LogP contribution >= 0.6 is 0 Å². The predicted molar refractivity (Wildman–Crippen MR) is 116 cm³/mol. The molecule has 1 amide bonds. The van der Waals surface area contributed by atoms with Crippen LogP contribution in [0.2, 0.25) is 0 Å². The number of nitrogens with zero attached hydrogens (tertiary/aromatic N) is 1. The van der Waals surface area contributed by atoms with E-state index in [1.807, 2.05) is 63.5 Å². The summed E-state index contributed by atoms with van der Waals surface area (Å²) >= 11 is 0. The third-order valence-electron chi connectivity index (χ3n) is 6.09. The summed E-state index contributed by atoms with van der Waals surface area (Å²) in [5.41, 5.74) is 3.31. The Morgan fingerprint density at radius 2 is 2.00 bits per heavy atom. The fourth-order valence-electron chi connectivity index (χ4n) is 4.49. The smallest absolute Gasteiger partial charge is 0.223 e. The highest BCUT2D eigenvalue weighted by Gasteiger charge is 2.46. The zero-order valence-corrected chi connectivity index (χ0v) is 17.7. The first-order chi connectivity index (χ1) is 14.5. The van der Waals surface area contributed by atoms with Gasteiger partial charge in [-0.3, -0.25) is 4.79 Å². The van der Waals surface area contributed by atoms with Gasteiger partial charge in [0.2, 0.25) is 5.91 Å². The molecule has 0 saturated carbocycles. The highest BCUT2D eigenvalue weighted by molar-refractivity contribution is 5.77. The number of benzene rings is 2. The number of aliphatic hydroxyl groups excluding tert-OH is 1. The monoisotopic (exact) mass is 410 g/mol. The van der Waals surface area contributed by atoms with Gasteiger partial charge in [-0.15, -0.1) is 0 Å². The number of nitrogens with one attached hydrogen (secondary N) is 1. The van der Waals surface area contributed by atoms with E-state index in [0.29, 0.717) is 6.42 Å². The van der Waals surface area contributed by atoms with Crippen LogP contribution in [0, 0.1) is 0 Å². The van der Waals surface area contributed by atoms with Crippen LogP contribution in [-0.2, 0) is 9.53 Å². The van der Waals surface area contributed by atoms with Gasteiger partial charge in [0, 0.05) is 31.3 Å². The number of amides is 1. The molecule has 0 radical (unpaired) electrons. The zero-order chi connectivity index (χ0) is 21.3. The van der Waals surface area contributed by atoms with E-state index < -0.39 is 6.10 Å². The number of anilines is 1. The van der Waals surface area contributed by atoms with Crippen molar-refractivity contribution in [1.29, 1.82) is 0 Å². The van der Waals surface area contributed by atoms with Crippen LogP contribution in [0.5, 0.6) is 5.75 Å². The Kier molecular flexibility index (Phi) is 5.97. The van der Waals surface area contributed by atoms with E-state index in [4.69, 9.17) is 9.47 Å². The molecular weight excluding hydrogens is 380 g/mol. The standard InChI is InChI=1S/C24H30N2O4/c1-15(16-7-5-4-6-8-16)25-23(28)13-18-12-20-19-11-17(26(2)3)9-10-21(19)30-24(20)22(14-27)29-18/h4-11,15,18,20,22,24,27H,12-14H2,1-3H3,(H,25,28)/t15-,18-,20-,22-,24+/m0/s1. The number of rotatable bonds is 6. The van der Waals surface area contributed by atoms with Gasteiger partial charge in [-0.05, 0) is 37.1 Å². The molecule has 6 heteroatoms. The minimum atomic E-state index is -0.441. The Morgan fingerprint density at radius 1 is 1.23 bits per heavy atom. The minimum Gasteiger partial charge on any atom is -0.487 e. The number of hydrogen-bond donors (Lipinski definition) is 2. The van der Waals surface area contributed by atoms with E-state index in [9.17, 15) is 9.90 Å². The van der Waals surface area contributed by atoms with E-state index in [-0.39, 0.29) is 43.1 Å². The molecule has 2 N–H and O–H groups in total. The minimum absolute atomic E-state index is 0.0485. The Balaban J connectivity index is 1.45.